The van der Waals surface area contributed by atoms with Crippen molar-refractivity contribution in [3.8, 4) is 11.5 Å². The van der Waals surface area contributed by atoms with Gasteiger partial charge in [0, 0.05) is 18.5 Å². The largest absolute Gasteiger partial charge is 0.490 e. The van der Waals surface area contributed by atoms with Crippen molar-refractivity contribution in [3.05, 3.63) is 23.3 Å². The van der Waals surface area contributed by atoms with Crippen LogP contribution in [-0.2, 0) is 6.54 Å². The average Bonchev–Trinajstić information content (AvgIpc) is 2.51. The summed E-state index contributed by atoms with van der Waals surface area (Å²) in [5.41, 5.74) is 8.11. The summed E-state index contributed by atoms with van der Waals surface area (Å²) >= 11 is 0. The first-order valence-corrected chi connectivity index (χ1v) is 5.85. The Morgan fingerprint density at radius 2 is 2.00 bits per heavy atom. The molecule has 0 spiro atoms. The minimum atomic E-state index is 0.398. The zero-order chi connectivity index (χ0) is 11.5. The Bertz CT molecular complexity index is 374. The summed E-state index contributed by atoms with van der Waals surface area (Å²) in [6, 6.07) is 4.01. The summed E-state index contributed by atoms with van der Waals surface area (Å²) in [4.78, 5) is 0. The second-order valence-corrected chi connectivity index (χ2v) is 4.37. The quantitative estimate of drug-likeness (QED) is 0.834. The van der Waals surface area contributed by atoms with E-state index in [1.807, 2.05) is 12.1 Å². The van der Waals surface area contributed by atoms with Crippen molar-refractivity contribution in [1.82, 2.24) is 0 Å². The summed E-state index contributed by atoms with van der Waals surface area (Å²) in [5.74, 6) is 2.16. The third-order valence-corrected chi connectivity index (χ3v) is 2.84. The predicted molar refractivity (Wildman–Crippen MR) is 64.0 cm³/mol. The Labute approximate surface area is 96.5 Å². The molecule has 2 N–H and O–H groups in total. The summed E-state index contributed by atoms with van der Waals surface area (Å²) in [6.45, 7) is 6.31. The molecule has 0 saturated heterocycles. The van der Waals surface area contributed by atoms with Gasteiger partial charge in [-0.3, -0.25) is 0 Å². The first-order chi connectivity index (χ1) is 7.74. The van der Waals surface area contributed by atoms with Crippen molar-refractivity contribution < 1.29 is 9.47 Å². The van der Waals surface area contributed by atoms with Crippen LogP contribution >= 0.6 is 0 Å². The van der Waals surface area contributed by atoms with Crippen molar-refractivity contribution in [1.29, 1.82) is 0 Å². The van der Waals surface area contributed by atoms with E-state index >= 15 is 0 Å². The van der Waals surface area contributed by atoms with Crippen molar-refractivity contribution in [2.24, 2.45) is 5.73 Å². The summed E-state index contributed by atoms with van der Waals surface area (Å²) < 4.78 is 11.5. The fourth-order valence-corrected chi connectivity index (χ4v) is 2.11. The number of fused-ring (bicyclic) bond motifs is 1. The maximum Gasteiger partial charge on any atom is 0.164 e. The molecule has 0 bridgehead atoms. The van der Waals surface area contributed by atoms with E-state index < -0.39 is 0 Å². The van der Waals surface area contributed by atoms with Crippen LogP contribution in [0.4, 0.5) is 0 Å². The third-order valence-electron chi connectivity index (χ3n) is 2.84. The lowest BCUT2D eigenvalue weighted by atomic mass is 9.95. The van der Waals surface area contributed by atoms with Crippen LogP contribution in [0.2, 0.25) is 0 Å². The lowest BCUT2D eigenvalue weighted by Crippen LogP contribution is -2.06. The molecule has 0 amide bonds. The van der Waals surface area contributed by atoms with Crippen LogP contribution in [-0.4, -0.2) is 13.2 Å². The van der Waals surface area contributed by atoms with E-state index in [-0.39, 0.29) is 0 Å². The van der Waals surface area contributed by atoms with Gasteiger partial charge in [0.2, 0.25) is 0 Å². The van der Waals surface area contributed by atoms with Gasteiger partial charge < -0.3 is 15.2 Å². The highest BCUT2D eigenvalue weighted by atomic mass is 16.5. The normalized spacial score (nSPS) is 15.0. The molecule has 88 valence electrons. The molecule has 1 aromatic carbocycles. The molecule has 0 radical (unpaired) electrons. The third kappa shape index (κ3) is 2.00. The van der Waals surface area contributed by atoms with Crippen molar-refractivity contribution in [3.63, 3.8) is 0 Å². The highest BCUT2D eigenvalue weighted by Gasteiger charge is 2.19. The van der Waals surface area contributed by atoms with Gasteiger partial charge in [-0.25, -0.2) is 0 Å². The Kier molecular flexibility index (Phi) is 3.34. The fourth-order valence-electron chi connectivity index (χ4n) is 2.11. The number of rotatable bonds is 2. The van der Waals surface area contributed by atoms with E-state index in [0.29, 0.717) is 12.5 Å². The monoisotopic (exact) mass is 221 g/mol. The van der Waals surface area contributed by atoms with Crippen LogP contribution < -0.4 is 15.2 Å². The smallest absolute Gasteiger partial charge is 0.164 e. The van der Waals surface area contributed by atoms with Crippen molar-refractivity contribution >= 4 is 0 Å². The minimum absolute atomic E-state index is 0.398. The molecule has 1 aromatic rings. The number of nitrogens with two attached hydrogens (primary N) is 1. The number of hydrogen-bond donors (Lipinski definition) is 1. The highest BCUT2D eigenvalue weighted by Crippen LogP contribution is 2.39. The van der Waals surface area contributed by atoms with E-state index in [0.717, 1.165) is 36.7 Å². The van der Waals surface area contributed by atoms with Crippen LogP contribution in [0.15, 0.2) is 12.1 Å². The molecule has 3 nitrogen and oxygen atoms in total. The van der Waals surface area contributed by atoms with Crippen LogP contribution in [0, 0.1) is 0 Å². The molecule has 2 rings (SSSR count). The molecular formula is C13H19NO2. The molecule has 1 heterocycles. The van der Waals surface area contributed by atoms with E-state index in [1.54, 1.807) is 0 Å². The SMILES string of the molecule is CC(C)c1c(CN)ccc2c1OCCCO2. The van der Waals surface area contributed by atoms with Gasteiger partial charge in [-0.1, -0.05) is 19.9 Å². The second kappa shape index (κ2) is 4.74. The molecule has 1 aliphatic heterocycles. The summed E-state index contributed by atoms with van der Waals surface area (Å²) in [7, 11) is 0. The fraction of sp³-hybridized carbons (Fsp3) is 0.538. The average molecular weight is 221 g/mol. The van der Waals surface area contributed by atoms with E-state index in [4.69, 9.17) is 15.2 Å². The van der Waals surface area contributed by atoms with Crippen LogP contribution in [0.1, 0.15) is 37.3 Å². The maximum atomic E-state index is 5.80. The van der Waals surface area contributed by atoms with Gasteiger partial charge in [0.15, 0.2) is 11.5 Å². The van der Waals surface area contributed by atoms with Gasteiger partial charge in [0.25, 0.3) is 0 Å². The van der Waals surface area contributed by atoms with Gasteiger partial charge in [0.1, 0.15) is 0 Å². The highest BCUT2D eigenvalue weighted by molar-refractivity contribution is 5.52. The van der Waals surface area contributed by atoms with Crippen LogP contribution in [0.5, 0.6) is 11.5 Å². The first kappa shape index (κ1) is 11.3. The van der Waals surface area contributed by atoms with Crippen molar-refractivity contribution in [2.75, 3.05) is 13.2 Å². The number of benzene rings is 1. The molecule has 1 aliphatic rings. The molecule has 0 atom stereocenters. The zero-order valence-electron chi connectivity index (χ0n) is 9.95. The summed E-state index contributed by atoms with van der Waals surface area (Å²) in [6.07, 6.45) is 0.935. The van der Waals surface area contributed by atoms with Gasteiger partial charge in [-0.2, -0.15) is 0 Å². The molecule has 0 aromatic heterocycles. The zero-order valence-corrected chi connectivity index (χ0v) is 9.95. The second-order valence-electron chi connectivity index (χ2n) is 4.37. The molecule has 0 unspecified atom stereocenters. The maximum absolute atomic E-state index is 5.80. The van der Waals surface area contributed by atoms with Gasteiger partial charge in [0.05, 0.1) is 13.2 Å². The van der Waals surface area contributed by atoms with Gasteiger partial charge >= 0.3 is 0 Å². The standard InChI is InChI=1S/C13H19NO2/c1-9(2)12-10(8-14)4-5-11-13(12)16-7-3-6-15-11/h4-5,9H,3,6-8,14H2,1-2H3. The molecular weight excluding hydrogens is 202 g/mol. The lowest BCUT2D eigenvalue weighted by Gasteiger charge is -2.18. The molecule has 16 heavy (non-hydrogen) atoms. The van der Waals surface area contributed by atoms with Crippen LogP contribution in [0.25, 0.3) is 0 Å². The van der Waals surface area contributed by atoms with Gasteiger partial charge in [-0.05, 0) is 17.5 Å². The molecule has 0 fully saturated rings. The molecule has 0 aliphatic carbocycles. The predicted octanol–water partition coefficient (Wildman–Crippen LogP) is 2.43. The van der Waals surface area contributed by atoms with E-state index in [2.05, 4.69) is 13.8 Å². The summed E-state index contributed by atoms with van der Waals surface area (Å²) in [5, 5.41) is 0. The Balaban J connectivity index is 2.52. The number of ether oxygens (including phenoxy) is 2. The first-order valence-electron chi connectivity index (χ1n) is 5.85. The van der Waals surface area contributed by atoms with Crippen LogP contribution in [0.3, 0.4) is 0 Å². The van der Waals surface area contributed by atoms with Gasteiger partial charge in [-0.15, -0.1) is 0 Å². The van der Waals surface area contributed by atoms with Crippen molar-refractivity contribution in [2.45, 2.75) is 32.7 Å². The Hall–Kier alpha value is -1.22. The number of hydrogen-bond acceptors (Lipinski definition) is 3. The Morgan fingerprint density at radius 3 is 2.69 bits per heavy atom. The topological polar surface area (TPSA) is 44.5 Å². The van der Waals surface area contributed by atoms with E-state index in [1.165, 1.54) is 5.56 Å². The molecule has 0 saturated carbocycles. The minimum Gasteiger partial charge on any atom is -0.490 e. The van der Waals surface area contributed by atoms with E-state index in [9.17, 15) is 0 Å². The molecule has 3 heteroatoms. The lowest BCUT2D eigenvalue weighted by molar-refractivity contribution is 0.295. The Morgan fingerprint density at radius 1 is 1.25 bits per heavy atom.